The van der Waals surface area contributed by atoms with E-state index >= 15 is 0 Å². The van der Waals surface area contributed by atoms with Crippen molar-refractivity contribution in [3.8, 4) is 28.0 Å². The third-order valence-corrected chi connectivity index (χ3v) is 7.25. The summed E-state index contributed by atoms with van der Waals surface area (Å²) in [5, 5.41) is 19.5. The first-order valence-corrected chi connectivity index (χ1v) is 13.2. The lowest BCUT2D eigenvalue weighted by Crippen LogP contribution is -2.31. The van der Waals surface area contributed by atoms with Crippen LogP contribution in [0.4, 0.5) is 0 Å². The van der Waals surface area contributed by atoms with E-state index in [4.69, 9.17) is 9.47 Å². The van der Waals surface area contributed by atoms with Crippen LogP contribution < -0.4 is 4.74 Å². The second kappa shape index (κ2) is 13.4. The van der Waals surface area contributed by atoms with Crippen LogP contribution in [0.2, 0.25) is 0 Å². The zero-order valence-electron chi connectivity index (χ0n) is 23.0. The standard InChI is InChI=1S/C33H40O5/c1-6-33(21-34,22-35)16-18-37-31-14-12-28(20-29(31)15-17-38-32(36)23(2)3)30-13-11-27(19-25(30)5)26-9-7-24(4)8-10-26/h7-14,19-20,34-35H,2,6,15-18,21-22H2,1,3-5H3. The van der Waals surface area contributed by atoms with Gasteiger partial charge in [-0.1, -0.05) is 67.6 Å². The van der Waals surface area contributed by atoms with Gasteiger partial charge >= 0.3 is 5.97 Å². The molecule has 0 aliphatic carbocycles. The van der Waals surface area contributed by atoms with Crippen LogP contribution in [0, 0.1) is 19.3 Å². The number of ether oxygens (including phenoxy) is 2. The smallest absolute Gasteiger partial charge is 0.333 e. The van der Waals surface area contributed by atoms with E-state index in [0.29, 0.717) is 37.2 Å². The number of aliphatic hydroxyl groups is 2. The molecule has 2 N–H and O–H groups in total. The summed E-state index contributed by atoms with van der Waals surface area (Å²) in [5.74, 6) is 0.291. The van der Waals surface area contributed by atoms with Gasteiger partial charge in [-0.2, -0.15) is 0 Å². The molecule has 3 rings (SSSR count). The highest BCUT2D eigenvalue weighted by molar-refractivity contribution is 5.86. The zero-order valence-corrected chi connectivity index (χ0v) is 23.0. The first-order chi connectivity index (χ1) is 18.2. The van der Waals surface area contributed by atoms with Crippen molar-refractivity contribution in [1.82, 2.24) is 0 Å². The molecule has 202 valence electrons. The summed E-state index contributed by atoms with van der Waals surface area (Å²) in [7, 11) is 0. The predicted octanol–water partition coefficient (Wildman–Crippen LogP) is 6.45. The number of carbonyl (C=O) groups is 1. The largest absolute Gasteiger partial charge is 0.493 e. The van der Waals surface area contributed by atoms with Gasteiger partial charge in [-0.05, 0) is 79.1 Å². The van der Waals surface area contributed by atoms with Crippen LogP contribution in [-0.2, 0) is 16.0 Å². The number of hydrogen-bond acceptors (Lipinski definition) is 5. The van der Waals surface area contributed by atoms with Gasteiger partial charge in [0.05, 0.1) is 26.4 Å². The van der Waals surface area contributed by atoms with Gasteiger partial charge in [0.25, 0.3) is 0 Å². The predicted molar refractivity (Wildman–Crippen MR) is 153 cm³/mol. The van der Waals surface area contributed by atoms with Crippen LogP contribution in [-0.4, -0.2) is 42.6 Å². The molecular formula is C33H40O5. The molecule has 3 aromatic rings. The molecule has 5 nitrogen and oxygen atoms in total. The van der Waals surface area contributed by atoms with Crippen LogP contribution in [0.25, 0.3) is 22.3 Å². The number of benzene rings is 3. The van der Waals surface area contributed by atoms with Gasteiger partial charge in [-0.15, -0.1) is 0 Å². The quantitative estimate of drug-likeness (QED) is 0.202. The lowest BCUT2D eigenvalue weighted by atomic mass is 9.84. The van der Waals surface area contributed by atoms with E-state index in [1.54, 1.807) is 6.92 Å². The van der Waals surface area contributed by atoms with Crippen LogP contribution in [0.5, 0.6) is 5.75 Å². The molecule has 0 aliphatic heterocycles. The summed E-state index contributed by atoms with van der Waals surface area (Å²) in [5.41, 5.74) is 7.66. The number of carbonyl (C=O) groups excluding carboxylic acids is 1. The van der Waals surface area contributed by atoms with E-state index in [0.717, 1.165) is 22.3 Å². The molecule has 38 heavy (non-hydrogen) atoms. The Balaban J connectivity index is 1.85. The summed E-state index contributed by atoms with van der Waals surface area (Å²) in [6, 6.07) is 21.1. The molecule has 0 saturated carbocycles. The number of esters is 1. The molecule has 0 amide bonds. The second-order valence-corrected chi connectivity index (χ2v) is 10.2. The van der Waals surface area contributed by atoms with E-state index < -0.39 is 11.4 Å². The molecule has 0 spiro atoms. The van der Waals surface area contributed by atoms with Crippen LogP contribution in [0.15, 0.2) is 72.8 Å². The van der Waals surface area contributed by atoms with E-state index in [-0.39, 0.29) is 19.8 Å². The first-order valence-electron chi connectivity index (χ1n) is 13.2. The number of aryl methyl sites for hydroxylation is 2. The average Bonchev–Trinajstić information content (AvgIpc) is 2.92. The second-order valence-electron chi connectivity index (χ2n) is 10.2. The Morgan fingerprint density at radius 1 is 0.895 bits per heavy atom. The van der Waals surface area contributed by atoms with Crippen molar-refractivity contribution in [2.24, 2.45) is 5.41 Å². The monoisotopic (exact) mass is 516 g/mol. The molecule has 0 bridgehead atoms. The third-order valence-electron chi connectivity index (χ3n) is 7.25. The van der Waals surface area contributed by atoms with Crippen molar-refractivity contribution < 1.29 is 24.5 Å². The summed E-state index contributed by atoms with van der Waals surface area (Å²) < 4.78 is 11.5. The van der Waals surface area contributed by atoms with E-state index in [2.05, 4.69) is 69.0 Å². The maximum absolute atomic E-state index is 11.9. The summed E-state index contributed by atoms with van der Waals surface area (Å²) >= 11 is 0. The lowest BCUT2D eigenvalue weighted by Gasteiger charge is -2.28. The Bertz CT molecular complexity index is 1230. The Hall–Kier alpha value is -3.41. The Morgan fingerprint density at radius 3 is 2.16 bits per heavy atom. The van der Waals surface area contributed by atoms with Crippen LogP contribution >= 0.6 is 0 Å². The molecule has 0 aliphatic rings. The summed E-state index contributed by atoms with van der Waals surface area (Å²) in [6.07, 6.45) is 1.67. The van der Waals surface area contributed by atoms with Gasteiger partial charge in [0.15, 0.2) is 0 Å². The average molecular weight is 517 g/mol. The highest BCUT2D eigenvalue weighted by atomic mass is 16.5. The topological polar surface area (TPSA) is 76.0 Å². The van der Waals surface area contributed by atoms with E-state index in [9.17, 15) is 15.0 Å². The normalized spacial score (nSPS) is 11.3. The molecule has 5 heteroatoms. The molecule has 0 heterocycles. The number of hydrogen-bond donors (Lipinski definition) is 2. The molecule has 0 atom stereocenters. The van der Waals surface area contributed by atoms with Crippen molar-refractivity contribution in [3.05, 3.63) is 89.5 Å². The maximum atomic E-state index is 11.9. The van der Waals surface area contributed by atoms with Gasteiger partial charge in [0.2, 0.25) is 0 Å². The zero-order chi connectivity index (χ0) is 27.7. The first kappa shape index (κ1) is 29.2. The van der Waals surface area contributed by atoms with Crippen molar-refractivity contribution in [2.45, 2.75) is 47.0 Å². The SMILES string of the molecule is C=C(C)C(=O)OCCc1cc(-c2ccc(-c3ccc(C)cc3)cc2C)ccc1OCCC(CC)(CO)CO. The summed E-state index contributed by atoms with van der Waals surface area (Å²) in [6.45, 7) is 11.8. The van der Waals surface area contributed by atoms with Gasteiger partial charge in [-0.25, -0.2) is 4.79 Å². The van der Waals surface area contributed by atoms with Gasteiger partial charge in [0.1, 0.15) is 5.75 Å². The third kappa shape index (κ3) is 7.33. The Morgan fingerprint density at radius 2 is 1.55 bits per heavy atom. The molecule has 0 aromatic heterocycles. The van der Waals surface area contributed by atoms with Crippen molar-refractivity contribution in [3.63, 3.8) is 0 Å². The highest BCUT2D eigenvalue weighted by Crippen LogP contribution is 2.33. The summed E-state index contributed by atoms with van der Waals surface area (Å²) in [4.78, 5) is 11.9. The molecule has 3 aromatic carbocycles. The fourth-order valence-corrected chi connectivity index (χ4v) is 4.36. The Kier molecular flexibility index (Phi) is 10.3. The van der Waals surface area contributed by atoms with Crippen molar-refractivity contribution in [1.29, 1.82) is 0 Å². The van der Waals surface area contributed by atoms with Crippen molar-refractivity contribution >= 4 is 5.97 Å². The van der Waals surface area contributed by atoms with Crippen LogP contribution in [0.3, 0.4) is 0 Å². The van der Waals surface area contributed by atoms with Gasteiger partial charge in [-0.3, -0.25) is 0 Å². The minimum atomic E-state index is -0.562. The number of aliphatic hydroxyl groups excluding tert-OH is 2. The molecule has 0 radical (unpaired) electrons. The van der Waals surface area contributed by atoms with E-state index in [1.165, 1.54) is 16.7 Å². The number of rotatable bonds is 13. The Labute approximate surface area is 226 Å². The van der Waals surface area contributed by atoms with E-state index in [1.807, 2.05) is 19.1 Å². The molecule has 0 saturated heterocycles. The van der Waals surface area contributed by atoms with Gasteiger partial charge < -0.3 is 19.7 Å². The van der Waals surface area contributed by atoms with Crippen LogP contribution in [0.1, 0.15) is 43.4 Å². The molecular weight excluding hydrogens is 476 g/mol. The molecule has 0 unspecified atom stereocenters. The fourth-order valence-electron chi connectivity index (χ4n) is 4.36. The highest BCUT2D eigenvalue weighted by Gasteiger charge is 2.26. The lowest BCUT2D eigenvalue weighted by molar-refractivity contribution is -0.138. The van der Waals surface area contributed by atoms with Crippen molar-refractivity contribution in [2.75, 3.05) is 26.4 Å². The minimum Gasteiger partial charge on any atom is -0.493 e. The maximum Gasteiger partial charge on any atom is 0.333 e. The molecule has 0 fully saturated rings. The fraction of sp³-hybridized carbons (Fsp3) is 0.364. The van der Waals surface area contributed by atoms with Gasteiger partial charge in [0, 0.05) is 17.4 Å². The minimum absolute atomic E-state index is 0.0934.